The van der Waals surface area contributed by atoms with Crippen molar-refractivity contribution in [2.75, 3.05) is 0 Å². The molecule has 0 aliphatic heterocycles. The molecule has 16 heavy (non-hydrogen) atoms. The minimum Gasteiger partial charge on any atom is -0.423 e. The molecule has 0 spiro atoms. The Balaban J connectivity index is 2.54. The van der Waals surface area contributed by atoms with Crippen LogP contribution >= 0.6 is 0 Å². The van der Waals surface area contributed by atoms with Crippen molar-refractivity contribution in [2.45, 2.75) is 13.3 Å². The summed E-state index contributed by atoms with van der Waals surface area (Å²) < 4.78 is 1.57. The average Bonchev–Trinajstić information content (AvgIpc) is 2.70. The van der Waals surface area contributed by atoms with Gasteiger partial charge in [-0.1, -0.05) is 19.1 Å². The van der Waals surface area contributed by atoms with Crippen LogP contribution in [0.1, 0.15) is 18.1 Å². The van der Waals surface area contributed by atoms with E-state index in [0.717, 1.165) is 10.9 Å². The number of aromatic nitrogens is 1. The summed E-state index contributed by atoms with van der Waals surface area (Å²) in [7, 11) is -1.48. The molecule has 0 fully saturated rings. The number of nitrogens with zero attached hydrogens (tertiary/aromatic N) is 1. The Morgan fingerprint density at radius 1 is 1.38 bits per heavy atom. The van der Waals surface area contributed by atoms with Crippen LogP contribution in [0.3, 0.4) is 0 Å². The summed E-state index contributed by atoms with van der Waals surface area (Å²) in [6, 6.07) is 6.78. The Kier molecular flexibility index (Phi) is 2.81. The van der Waals surface area contributed by atoms with Crippen LogP contribution in [0.15, 0.2) is 30.5 Å². The number of hydrogen-bond donors (Lipinski definition) is 2. The van der Waals surface area contributed by atoms with Crippen molar-refractivity contribution in [2.24, 2.45) is 0 Å². The van der Waals surface area contributed by atoms with E-state index >= 15 is 0 Å². The van der Waals surface area contributed by atoms with Crippen molar-refractivity contribution in [1.82, 2.24) is 4.57 Å². The van der Waals surface area contributed by atoms with Gasteiger partial charge in [-0.25, -0.2) is 0 Å². The van der Waals surface area contributed by atoms with Crippen molar-refractivity contribution in [1.29, 1.82) is 0 Å². The third-order valence-corrected chi connectivity index (χ3v) is 2.58. The van der Waals surface area contributed by atoms with Crippen LogP contribution in [0.4, 0.5) is 0 Å². The minimum absolute atomic E-state index is 0.0206. The maximum Gasteiger partial charge on any atom is 0.488 e. The third kappa shape index (κ3) is 1.75. The van der Waals surface area contributed by atoms with Gasteiger partial charge in [-0.2, -0.15) is 0 Å². The fraction of sp³-hybridized carbons (Fsp3) is 0.182. The lowest BCUT2D eigenvalue weighted by Gasteiger charge is -2.03. The number of benzene rings is 1. The lowest BCUT2D eigenvalue weighted by molar-refractivity contribution is 0.0914. The molecule has 2 aromatic rings. The van der Waals surface area contributed by atoms with Crippen LogP contribution in [-0.4, -0.2) is 27.6 Å². The van der Waals surface area contributed by atoms with Crippen molar-refractivity contribution in [3.8, 4) is 0 Å². The molecule has 1 aromatic carbocycles. The normalized spacial score (nSPS) is 10.7. The van der Waals surface area contributed by atoms with Crippen molar-refractivity contribution >= 4 is 29.4 Å². The minimum atomic E-state index is -1.48. The quantitative estimate of drug-likeness (QED) is 0.714. The van der Waals surface area contributed by atoms with Gasteiger partial charge in [-0.05, 0) is 23.0 Å². The first kappa shape index (κ1) is 10.9. The largest absolute Gasteiger partial charge is 0.488 e. The molecule has 82 valence electrons. The molecule has 4 nitrogen and oxygen atoms in total. The molecule has 0 unspecified atom stereocenters. The molecule has 0 bridgehead atoms. The van der Waals surface area contributed by atoms with E-state index in [-0.39, 0.29) is 5.91 Å². The molecule has 0 saturated carbocycles. The van der Waals surface area contributed by atoms with Gasteiger partial charge < -0.3 is 10.0 Å². The topological polar surface area (TPSA) is 62.5 Å². The molecule has 2 rings (SSSR count). The first-order valence-corrected chi connectivity index (χ1v) is 5.14. The van der Waals surface area contributed by atoms with Gasteiger partial charge in [-0.15, -0.1) is 0 Å². The van der Waals surface area contributed by atoms with E-state index in [9.17, 15) is 4.79 Å². The SMILES string of the molecule is CCC(=O)n1ccc2cc(B(O)O)ccc21. The Hall–Kier alpha value is -1.59. The highest BCUT2D eigenvalue weighted by Gasteiger charge is 2.13. The molecule has 0 aliphatic rings. The highest BCUT2D eigenvalue weighted by molar-refractivity contribution is 6.58. The van der Waals surface area contributed by atoms with Gasteiger partial charge in [0.05, 0.1) is 5.52 Å². The molecule has 1 heterocycles. The van der Waals surface area contributed by atoms with Gasteiger partial charge in [0.25, 0.3) is 0 Å². The average molecular weight is 217 g/mol. The molecule has 0 atom stereocenters. The Morgan fingerprint density at radius 2 is 2.12 bits per heavy atom. The zero-order chi connectivity index (χ0) is 11.7. The van der Waals surface area contributed by atoms with E-state index in [1.807, 2.05) is 0 Å². The van der Waals surface area contributed by atoms with E-state index in [1.54, 1.807) is 42.0 Å². The van der Waals surface area contributed by atoms with Crippen LogP contribution in [0.2, 0.25) is 0 Å². The summed E-state index contributed by atoms with van der Waals surface area (Å²) in [6.07, 6.45) is 2.14. The van der Waals surface area contributed by atoms with E-state index in [2.05, 4.69) is 0 Å². The Bertz CT molecular complexity index is 533. The predicted molar refractivity (Wildman–Crippen MR) is 62.7 cm³/mol. The van der Waals surface area contributed by atoms with E-state index in [4.69, 9.17) is 10.0 Å². The second-order valence-electron chi connectivity index (χ2n) is 3.62. The van der Waals surface area contributed by atoms with Crippen LogP contribution in [-0.2, 0) is 0 Å². The third-order valence-electron chi connectivity index (χ3n) is 2.58. The van der Waals surface area contributed by atoms with E-state index in [0.29, 0.717) is 11.9 Å². The second kappa shape index (κ2) is 4.12. The number of rotatable bonds is 2. The molecular weight excluding hydrogens is 205 g/mol. The fourth-order valence-electron chi connectivity index (χ4n) is 1.71. The molecule has 0 radical (unpaired) electrons. The molecule has 0 aliphatic carbocycles. The van der Waals surface area contributed by atoms with Crippen LogP contribution in [0.25, 0.3) is 10.9 Å². The van der Waals surface area contributed by atoms with Gasteiger partial charge in [-0.3, -0.25) is 9.36 Å². The molecule has 1 aromatic heterocycles. The molecule has 5 heteroatoms. The Labute approximate surface area is 93.3 Å². The van der Waals surface area contributed by atoms with Crippen LogP contribution in [0, 0.1) is 0 Å². The summed E-state index contributed by atoms with van der Waals surface area (Å²) in [4.78, 5) is 11.6. The van der Waals surface area contributed by atoms with E-state index in [1.165, 1.54) is 0 Å². The summed E-state index contributed by atoms with van der Waals surface area (Å²) >= 11 is 0. The fourth-order valence-corrected chi connectivity index (χ4v) is 1.71. The van der Waals surface area contributed by atoms with Crippen molar-refractivity contribution in [3.63, 3.8) is 0 Å². The maximum atomic E-state index is 11.6. The van der Waals surface area contributed by atoms with Gasteiger partial charge in [0.2, 0.25) is 5.91 Å². The highest BCUT2D eigenvalue weighted by Crippen LogP contribution is 2.14. The number of carbonyl (C=O) groups is 1. The number of hydrogen-bond acceptors (Lipinski definition) is 3. The first-order chi connectivity index (χ1) is 7.63. The van der Waals surface area contributed by atoms with Crippen LogP contribution < -0.4 is 5.46 Å². The summed E-state index contributed by atoms with van der Waals surface area (Å²) in [5, 5.41) is 18.9. The lowest BCUT2D eigenvalue weighted by atomic mass is 9.80. The number of carbonyl (C=O) groups excluding carboxylic acids is 1. The monoisotopic (exact) mass is 217 g/mol. The smallest absolute Gasteiger partial charge is 0.423 e. The molecular formula is C11H12BNO3. The van der Waals surface area contributed by atoms with Gasteiger partial charge in [0.15, 0.2) is 0 Å². The predicted octanol–water partition coefficient (Wildman–Crippen LogP) is 0.371. The van der Waals surface area contributed by atoms with Gasteiger partial charge in [0, 0.05) is 12.6 Å². The number of fused-ring (bicyclic) bond motifs is 1. The molecule has 0 saturated heterocycles. The maximum absolute atomic E-state index is 11.6. The summed E-state index contributed by atoms with van der Waals surface area (Å²) in [6.45, 7) is 1.81. The van der Waals surface area contributed by atoms with Gasteiger partial charge in [0.1, 0.15) is 0 Å². The summed E-state index contributed by atoms with van der Waals surface area (Å²) in [5.74, 6) is 0.0206. The zero-order valence-electron chi connectivity index (χ0n) is 8.92. The zero-order valence-corrected chi connectivity index (χ0v) is 8.92. The standard InChI is InChI=1S/C11H12BNO3/c1-2-11(14)13-6-5-8-7-9(12(15)16)3-4-10(8)13/h3-7,15-16H,2H2,1H3. The molecule has 0 amide bonds. The Morgan fingerprint density at radius 3 is 2.75 bits per heavy atom. The van der Waals surface area contributed by atoms with E-state index < -0.39 is 7.12 Å². The van der Waals surface area contributed by atoms with Crippen molar-refractivity contribution < 1.29 is 14.8 Å². The first-order valence-electron chi connectivity index (χ1n) is 5.14. The summed E-state index contributed by atoms with van der Waals surface area (Å²) in [5.41, 5.74) is 1.21. The van der Waals surface area contributed by atoms with Crippen molar-refractivity contribution in [3.05, 3.63) is 30.5 Å². The lowest BCUT2D eigenvalue weighted by Crippen LogP contribution is -2.29. The second-order valence-corrected chi connectivity index (χ2v) is 3.62. The molecule has 2 N–H and O–H groups in total. The highest BCUT2D eigenvalue weighted by atomic mass is 16.4. The van der Waals surface area contributed by atoms with Gasteiger partial charge >= 0.3 is 7.12 Å². The van der Waals surface area contributed by atoms with Crippen LogP contribution in [0.5, 0.6) is 0 Å².